The van der Waals surface area contributed by atoms with Gasteiger partial charge in [-0.2, -0.15) is 5.10 Å². The van der Waals surface area contributed by atoms with Crippen molar-refractivity contribution >= 4 is 23.1 Å². The summed E-state index contributed by atoms with van der Waals surface area (Å²) in [5, 5.41) is 13.2. The molecule has 4 rings (SSSR count). The maximum absolute atomic E-state index is 12.4. The van der Waals surface area contributed by atoms with Crippen LogP contribution in [0.15, 0.2) is 58.6 Å². The predicted octanol–water partition coefficient (Wildman–Crippen LogP) is 2.70. The number of hydrogen-bond acceptors (Lipinski definition) is 7. The number of anilines is 1. The standard InChI is InChI=1S/C21H20N6O3/c1-29-18-8-7-13(10-19(18)30-2)9-17-20(28)24-21(27-25-17)26-23-12-14-11-22-16-6-4-3-5-15(14)16/h3-8,10-12,22H,9H2,1-2H3,(H2,24,26,27,28)/b23-12-. The van der Waals surface area contributed by atoms with E-state index in [2.05, 4.69) is 30.7 Å². The van der Waals surface area contributed by atoms with Crippen LogP contribution in [0.3, 0.4) is 0 Å². The summed E-state index contributed by atoms with van der Waals surface area (Å²) in [6.45, 7) is 0. The summed E-state index contributed by atoms with van der Waals surface area (Å²) in [7, 11) is 3.13. The van der Waals surface area contributed by atoms with Gasteiger partial charge in [0.2, 0.25) is 5.95 Å². The van der Waals surface area contributed by atoms with Crippen molar-refractivity contribution in [1.29, 1.82) is 0 Å². The molecule has 30 heavy (non-hydrogen) atoms. The lowest BCUT2D eigenvalue weighted by molar-refractivity contribution is 0.354. The topological polar surface area (TPSA) is 117 Å². The minimum absolute atomic E-state index is 0.159. The lowest BCUT2D eigenvalue weighted by Crippen LogP contribution is -2.18. The predicted molar refractivity (Wildman–Crippen MR) is 115 cm³/mol. The zero-order valence-electron chi connectivity index (χ0n) is 16.5. The van der Waals surface area contributed by atoms with Gasteiger partial charge in [0.05, 0.1) is 20.4 Å². The highest BCUT2D eigenvalue weighted by Gasteiger charge is 2.09. The van der Waals surface area contributed by atoms with Crippen molar-refractivity contribution in [2.24, 2.45) is 5.10 Å². The molecule has 0 amide bonds. The number of rotatable bonds is 7. The fourth-order valence-corrected chi connectivity index (χ4v) is 3.07. The largest absolute Gasteiger partial charge is 0.493 e. The summed E-state index contributed by atoms with van der Waals surface area (Å²) in [5.74, 6) is 1.37. The molecule has 2 aromatic carbocycles. The van der Waals surface area contributed by atoms with Gasteiger partial charge in [0, 0.05) is 29.1 Å². The molecule has 3 N–H and O–H groups in total. The van der Waals surface area contributed by atoms with E-state index in [4.69, 9.17) is 9.47 Å². The molecule has 2 heterocycles. The first kappa shape index (κ1) is 19.2. The van der Waals surface area contributed by atoms with Crippen LogP contribution in [0.4, 0.5) is 5.95 Å². The lowest BCUT2D eigenvalue weighted by Gasteiger charge is -2.09. The van der Waals surface area contributed by atoms with Crippen molar-refractivity contribution in [2.75, 3.05) is 19.6 Å². The molecule has 0 aliphatic rings. The first-order valence-corrected chi connectivity index (χ1v) is 9.20. The number of hydrazone groups is 1. The number of H-pyrrole nitrogens is 2. The second-order valence-electron chi connectivity index (χ2n) is 6.48. The normalized spacial score (nSPS) is 11.1. The van der Waals surface area contributed by atoms with Gasteiger partial charge in [-0.3, -0.25) is 9.78 Å². The third kappa shape index (κ3) is 4.00. The Labute approximate surface area is 171 Å². The molecule has 0 aliphatic heterocycles. The highest BCUT2D eigenvalue weighted by molar-refractivity contribution is 5.99. The number of aromatic nitrogens is 4. The van der Waals surface area contributed by atoms with Gasteiger partial charge in [-0.25, -0.2) is 5.43 Å². The molecule has 0 saturated carbocycles. The molecule has 0 aliphatic carbocycles. The number of benzene rings is 2. The molecule has 0 bridgehead atoms. The van der Waals surface area contributed by atoms with Crippen LogP contribution in [-0.4, -0.2) is 40.6 Å². The van der Waals surface area contributed by atoms with Crippen LogP contribution in [0.25, 0.3) is 10.9 Å². The molecule has 0 atom stereocenters. The fraction of sp³-hybridized carbons (Fsp3) is 0.143. The third-order valence-corrected chi connectivity index (χ3v) is 4.58. The van der Waals surface area contributed by atoms with Crippen molar-refractivity contribution in [3.63, 3.8) is 0 Å². The molecule has 0 unspecified atom stereocenters. The Kier molecular flexibility index (Phi) is 5.42. The van der Waals surface area contributed by atoms with E-state index in [1.54, 1.807) is 32.6 Å². The molecule has 0 saturated heterocycles. The maximum Gasteiger partial charge on any atom is 0.274 e. The number of aromatic amines is 2. The van der Waals surface area contributed by atoms with Crippen LogP contribution in [-0.2, 0) is 6.42 Å². The van der Waals surface area contributed by atoms with E-state index >= 15 is 0 Å². The Morgan fingerprint density at radius 3 is 2.73 bits per heavy atom. The van der Waals surface area contributed by atoms with Gasteiger partial charge >= 0.3 is 0 Å². The van der Waals surface area contributed by atoms with Crippen LogP contribution in [0.2, 0.25) is 0 Å². The van der Waals surface area contributed by atoms with Gasteiger partial charge in [0.15, 0.2) is 11.5 Å². The van der Waals surface area contributed by atoms with Crippen molar-refractivity contribution in [3.05, 3.63) is 75.8 Å². The van der Waals surface area contributed by atoms with E-state index < -0.39 is 0 Å². The zero-order valence-corrected chi connectivity index (χ0v) is 16.5. The Morgan fingerprint density at radius 2 is 1.93 bits per heavy atom. The smallest absolute Gasteiger partial charge is 0.274 e. The minimum atomic E-state index is -0.343. The molecule has 0 radical (unpaired) electrons. The Balaban J connectivity index is 1.46. The van der Waals surface area contributed by atoms with E-state index in [1.165, 1.54) is 0 Å². The van der Waals surface area contributed by atoms with E-state index in [1.807, 2.05) is 36.5 Å². The van der Waals surface area contributed by atoms with E-state index in [-0.39, 0.29) is 17.2 Å². The summed E-state index contributed by atoms with van der Waals surface area (Å²) in [4.78, 5) is 18.2. The molecule has 9 heteroatoms. The second-order valence-corrected chi connectivity index (χ2v) is 6.48. The van der Waals surface area contributed by atoms with Gasteiger partial charge < -0.3 is 14.5 Å². The van der Waals surface area contributed by atoms with Crippen molar-refractivity contribution < 1.29 is 9.47 Å². The van der Waals surface area contributed by atoms with Crippen molar-refractivity contribution in [1.82, 2.24) is 20.2 Å². The highest BCUT2D eigenvalue weighted by Crippen LogP contribution is 2.28. The SMILES string of the molecule is COc1ccc(Cc2nnc(N/N=C\c3c[nH]c4ccccc34)[nH]c2=O)cc1OC. The summed E-state index contributed by atoms with van der Waals surface area (Å²) in [6, 6.07) is 13.3. The summed E-state index contributed by atoms with van der Waals surface area (Å²) >= 11 is 0. The quantitative estimate of drug-likeness (QED) is 0.322. The molecular weight excluding hydrogens is 384 g/mol. The lowest BCUT2D eigenvalue weighted by atomic mass is 10.1. The first-order chi connectivity index (χ1) is 14.7. The molecule has 4 aromatic rings. The molecular formula is C21H20N6O3. The number of hydrogen-bond donors (Lipinski definition) is 3. The average molecular weight is 404 g/mol. The van der Waals surface area contributed by atoms with Crippen LogP contribution >= 0.6 is 0 Å². The summed E-state index contributed by atoms with van der Waals surface area (Å²) in [5.41, 5.74) is 5.43. The minimum Gasteiger partial charge on any atom is -0.493 e. The fourth-order valence-electron chi connectivity index (χ4n) is 3.07. The van der Waals surface area contributed by atoms with Crippen molar-refractivity contribution in [2.45, 2.75) is 6.42 Å². The van der Waals surface area contributed by atoms with E-state index in [0.717, 1.165) is 22.0 Å². The number of para-hydroxylation sites is 1. The van der Waals surface area contributed by atoms with Crippen LogP contribution in [0.5, 0.6) is 11.5 Å². The average Bonchev–Trinajstić information content (AvgIpc) is 3.18. The van der Waals surface area contributed by atoms with Gasteiger partial charge in [0.1, 0.15) is 5.69 Å². The molecule has 9 nitrogen and oxygen atoms in total. The number of nitrogens with zero attached hydrogens (tertiary/aromatic N) is 3. The molecule has 2 aromatic heterocycles. The second kappa shape index (κ2) is 8.48. The first-order valence-electron chi connectivity index (χ1n) is 9.20. The van der Waals surface area contributed by atoms with Crippen molar-refractivity contribution in [3.8, 4) is 11.5 Å². The zero-order chi connectivity index (χ0) is 20.9. The summed E-state index contributed by atoms with van der Waals surface area (Å²) in [6.07, 6.45) is 3.81. The Morgan fingerprint density at radius 1 is 1.10 bits per heavy atom. The third-order valence-electron chi connectivity index (χ3n) is 4.58. The highest BCUT2D eigenvalue weighted by atomic mass is 16.5. The monoisotopic (exact) mass is 404 g/mol. The van der Waals surface area contributed by atoms with E-state index in [9.17, 15) is 4.79 Å². The van der Waals surface area contributed by atoms with Gasteiger partial charge in [-0.1, -0.05) is 24.3 Å². The molecule has 0 spiro atoms. The van der Waals surface area contributed by atoms with Crippen LogP contribution in [0.1, 0.15) is 16.8 Å². The Hall–Kier alpha value is -4.14. The van der Waals surface area contributed by atoms with E-state index in [0.29, 0.717) is 17.9 Å². The molecule has 152 valence electrons. The number of methoxy groups -OCH3 is 2. The van der Waals surface area contributed by atoms with Gasteiger partial charge in [-0.05, 0) is 23.8 Å². The van der Waals surface area contributed by atoms with Crippen LogP contribution < -0.4 is 20.5 Å². The maximum atomic E-state index is 12.4. The van der Waals surface area contributed by atoms with Crippen LogP contribution in [0, 0.1) is 0 Å². The molecule has 0 fully saturated rings. The number of ether oxygens (including phenoxy) is 2. The van der Waals surface area contributed by atoms with Gasteiger partial charge in [0.25, 0.3) is 5.56 Å². The summed E-state index contributed by atoms with van der Waals surface area (Å²) < 4.78 is 10.5. The number of fused-ring (bicyclic) bond motifs is 1. The Bertz CT molecular complexity index is 1260. The van der Waals surface area contributed by atoms with Gasteiger partial charge in [-0.15, -0.1) is 10.2 Å². The number of nitrogens with one attached hydrogen (secondary N) is 3.